The number of unbranched alkanes of at least 4 members (excludes halogenated alkanes) is 2. The van der Waals surface area contributed by atoms with Crippen LogP contribution in [0.25, 0.3) is 0 Å². The summed E-state index contributed by atoms with van der Waals surface area (Å²) >= 11 is 0. The number of carbonyl (C=O) groups is 3. The molecule has 0 bridgehead atoms. The molecular formula is C26H43N3O4. The first kappa shape index (κ1) is 28.5. The van der Waals surface area contributed by atoms with E-state index in [4.69, 9.17) is 4.74 Å². The van der Waals surface area contributed by atoms with Crippen molar-refractivity contribution < 1.29 is 19.1 Å². The van der Waals surface area contributed by atoms with Crippen molar-refractivity contribution >= 4 is 17.9 Å². The first-order chi connectivity index (χ1) is 15.5. The number of benzene rings is 1. The minimum absolute atomic E-state index is 0.207. The van der Waals surface area contributed by atoms with Gasteiger partial charge in [-0.15, -0.1) is 0 Å². The number of ether oxygens (including phenoxy) is 1. The van der Waals surface area contributed by atoms with E-state index in [0.717, 1.165) is 43.2 Å². The second-order valence-corrected chi connectivity index (χ2v) is 9.40. The lowest BCUT2D eigenvalue weighted by Gasteiger charge is -2.33. The number of carbonyl (C=O) groups excluding carboxylic acids is 3. The quantitative estimate of drug-likeness (QED) is 0.440. The first-order valence-electron chi connectivity index (χ1n) is 12.2. The first-order valence-corrected chi connectivity index (χ1v) is 12.2. The van der Waals surface area contributed by atoms with Gasteiger partial charge < -0.3 is 20.3 Å². The van der Waals surface area contributed by atoms with Crippen LogP contribution < -0.4 is 10.6 Å². The average molecular weight is 462 g/mol. The molecule has 1 aromatic carbocycles. The van der Waals surface area contributed by atoms with E-state index in [1.165, 1.54) is 0 Å². The molecule has 0 aliphatic heterocycles. The van der Waals surface area contributed by atoms with Gasteiger partial charge in [-0.3, -0.25) is 9.59 Å². The number of alkyl carbamates (subject to hydrolysis) is 1. The van der Waals surface area contributed by atoms with Gasteiger partial charge in [0.15, 0.2) is 0 Å². The number of amides is 3. The molecule has 0 spiro atoms. The molecule has 33 heavy (non-hydrogen) atoms. The molecule has 186 valence electrons. The predicted molar refractivity (Wildman–Crippen MR) is 132 cm³/mol. The zero-order chi connectivity index (χ0) is 25.0. The van der Waals surface area contributed by atoms with Crippen LogP contribution in [-0.4, -0.2) is 47.5 Å². The molecule has 0 saturated carbocycles. The van der Waals surface area contributed by atoms with Crippen LogP contribution in [-0.2, 0) is 20.7 Å². The van der Waals surface area contributed by atoms with Gasteiger partial charge in [-0.25, -0.2) is 4.79 Å². The van der Waals surface area contributed by atoms with Gasteiger partial charge in [-0.1, -0.05) is 57.9 Å². The van der Waals surface area contributed by atoms with Crippen molar-refractivity contribution in [3.05, 3.63) is 35.4 Å². The summed E-state index contributed by atoms with van der Waals surface area (Å²) in [6.45, 7) is 14.1. The molecule has 1 rings (SSSR count). The van der Waals surface area contributed by atoms with E-state index in [2.05, 4.69) is 24.5 Å². The third kappa shape index (κ3) is 9.84. The van der Waals surface area contributed by atoms with Crippen LogP contribution in [0.4, 0.5) is 4.79 Å². The molecule has 2 N–H and O–H groups in total. The molecule has 7 nitrogen and oxygen atoms in total. The van der Waals surface area contributed by atoms with E-state index in [1.807, 2.05) is 31.2 Å². The minimum Gasteiger partial charge on any atom is -0.444 e. The molecule has 2 atom stereocenters. The molecule has 0 fully saturated rings. The fraction of sp³-hybridized carbons (Fsp3) is 0.654. The van der Waals surface area contributed by atoms with Crippen molar-refractivity contribution in [1.82, 2.24) is 15.5 Å². The summed E-state index contributed by atoms with van der Waals surface area (Å²) in [6, 6.07) is 6.22. The number of nitrogens with zero attached hydrogens (tertiary/aromatic N) is 1. The molecule has 0 radical (unpaired) electrons. The molecule has 3 amide bonds. The van der Waals surface area contributed by atoms with Crippen LogP contribution >= 0.6 is 0 Å². The molecule has 0 heterocycles. The maximum absolute atomic E-state index is 13.5. The van der Waals surface area contributed by atoms with Crippen LogP contribution in [0, 0.1) is 0 Å². The number of aryl methyl sites for hydroxylation is 1. The summed E-state index contributed by atoms with van der Waals surface area (Å²) < 4.78 is 5.30. The second-order valence-electron chi connectivity index (χ2n) is 9.40. The lowest BCUT2D eigenvalue weighted by atomic mass is 10.00. The van der Waals surface area contributed by atoms with Crippen LogP contribution in [0.15, 0.2) is 24.3 Å². The largest absolute Gasteiger partial charge is 0.444 e. The van der Waals surface area contributed by atoms with Crippen molar-refractivity contribution in [1.29, 1.82) is 0 Å². The lowest BCUT2D eigenvalue weighted by Crippen LogP contribution is -2.52. The van der Waals surface area contributed by atoms with E-state index in [0.29, 0.717) is 13.1 Å². The Bertz CT molecular complexity index is 756. The van der Waals surface area contributed by atoms with Gasteiger partial charge in [0.1, 0.15) is 17.7 Å². The van der Waals surface area contributed by atoms with Crippen molar-refractivity contribution in [2.45, 2.75) is 98.3 Å². The SMILES string of the molecule is CCCCNC(=O)C(c1ccc(CC)cc1)N(CCCC)C(=O)C(C)NC(=O)OC(C)(C)C. The molecule has 1 aromatic rings. The second kappa shape index (κ2) is 13.9. The molecule has 7 heteroatoms. The Labute approximate surface area is 199 Å². The van der Waals surface area contributed by atoms with Crippen LogP contribution in [0.3, 0.4) is 0 Å². The van der Waals surface area contributed by atoms with Crippen LogP contribution in [0.1, 0.15) is 91.3 Å². The van der Waals surface area contributed by atoms with E-state index >= 15 is 0 Å². The fourth-order valence-electron chi connectivity index (χ4n) is 3.38. The summed E-state index contributed by atoms with van der Waals surface area (Å²) in [5, 5.41) is 5.61. The van der Waals surface area contributed by atoms with Gasteiger partial charge in [0, 0.05) is 13.1 Å². The minimum atomic E-state index is -0.836. The van der Waals surface area contributed by atoms with E-state index in [1.54, 1.807) is 32.6 Å². The van der Waals surface area contributed by atoms with Gasteiger partial charge in [-0.05, 0) is 58.1 Å². The summed E-state index contributed by atoms with van der Waals surface area (Å²) in [5.41, 5.74) is 1.25. The Hall–Kier alpha value is -2.57. The van der Waals surface area contributed by atoms with Gasteiger partial charge in [0.05, 0.1) is 0 Å². The normalized spacial score (nSPS) is 13.1. The molecule has 2 unspecified atom stereocenters. The summed E-state index contributed by atoms with van der Waals surface area (Å²) in [7, 11) is 0. The highest BCUT2D eigenvalue weighted by Crippen LogP contribution is 2.24. The van der Waals surface area contributed by atoms with Crippen molar-refractivity contribution in [2.75, 3.05) is 13.1 Å². The molecule has 0 saturated heterocycles. The average Bonchev–Trinajstić information content (AvgIpc) is 2.75. The highest BCUT2D eigenvalue weighted by molar-refractivity contribution is 5.92. The lowest BCUT2D eigenvalue weighted by molar-refractivity contribution is -0.142. The van der Waals surface area contributed by atoms with Crippen molar-refractivity contribution in [3.8, 4) is 0 Å². The summed E-state index contributed by atoms with van der Waals surface area (Å²) in [4.78, 5) is 40.6. The predicted octanol–water partition coefficient (Wildman–Crippen LogP) is 4.75. The van der Waals surface area contributed by atoms with Gasteiger partial charge in [0.2, 0.25) is 11.8 Å². The Morgan fingerprint density at radius 3 is 2.12 bits per heavy atom. The number of rotatable bonds is 12. The van der Waals surface area contributed by atoms with Gasteiger partial charge in [-0.2, -0.15) is 0 Å². The Morgan fingerprint density at radius 1 is 1.00 bits per heavy atom. The van der Waals surface area contributed by atoms with Gasteiger partial charge >= 0.3 is 6.09 Å². The number of hydrogen-bond donors (Lipinski definition) is 2. The van der Waals surface area contributed by atoms with Crippen molar-refractivity contribution in [3.63, 3.8) is 0 Å². The van der Waals surface area contributed by atoms with E-state index in [9.17, 15) is 14.4 Å². The van der Waals surface area contributed by atoms with Crippen molar-refractivity contribution in [2.24, 2.45) is 0 Å². The molecule has 0 aliphatic carbocycles. The zero-order valence-electron chi connectivity index (χ0n) is 21.5. The maximum Gasteiger partial charge on any atom is 0.408 e. The van der Waals surface area contributed by atoms with Crippen LogP contribution in [0.2, 0.25) is 0 Å². The van der Waals surface area contributed by atoms with Crippen LogP contribution in [0.5, 0.6) is 0 Å². The Morgan fingerprint density at radius 2 is 1.61 bits per heavy atom. The van der Waals surface area contributed by atoms with E-state index < -0.39 is 23.8 Å². The smallest absolute Gasteiger partial charge is 0.408 e. The third-order valence-electron chi connectivity index (χ3n) is 5.23. The maximum atomic E-state index is 13.5. The topological polar surface area (TPSA) is 87.7 Å². The summed E-state index contributed by atoms with van der Waals surface area (Å²) in [5.74, 6) is -0.522. The highest BCUT2D eigenvalue weighted by Gasteiger charge is 2.34. The van der Waals surface area contributed by atoms with Gasteiger partial charge in [0.25, 0.3) is 0 Å². The fourth-order valence-corrected chi connectivity index (χ4v) is 3.38. The number of nitrogens with one attached hydrogen (secondary N) is 2. The molecular weight excluding hydrogens is 418 g/mol. The third-order valence-corrected chi connectivity index (χ3v) is 5.23. The molecule has 0 aromatic heterocycles. The Kier molecular flexibility index (Phi) is 12.0. The summed E-state index contributed by atoms with van der Waals surface area (Å²) in [6.07, 6.45) is 3.68. The highest BCUT2D eigenvalue weighted by atomic mass is 16.6. The molecule has 0 aliphatic rings. The zero-order valence-corrected chi connectivity index (χ0v) is 21.5. The Balaban J connectivity index is 3.23. The van der Waals surface area contributed by atoms with E-state index in [-0.39, 0.29) is 11.8 Å². The monoisotopic (exact) mass is 461 g/mol. The number of hydrogen-bond acceptors (Lipinski definition) is 4. The standard InChI is InChI=1S/C26H43N3O4/c1-8-11-17-27-23(30)22(21-15-13-20(10-3)14-16-21)29(18-12-9-2)24(31)19(4)28-25(32)33-26(5,6)7/h13-16,19,22H,8-12,17-18H2,1-7H3,(H,27,30)(H,28,32).